The normalized spacial score (nSPS) is 15.3. The standard InChI is InChI=1S/C10H15NO2/c1-7(8(2)11)10(12)5-9-3-4-13-6-9/h3-4,6-8H,5,11H2,1-2H3. The molecule has 1 heterocycles. The first-order chi connectivity index (χ1) is 6.11. The predicted molar refractivity (Wildman–Crippen MR) is 50.2 cm³/mol. The van der Waals surface area contributed by atoms with Crippen molar-refractivity contribution < 1.29 is 9.21 Å². The first kappa shape index (κ1) is 9.99. The number of hydrogen-bond donors (Lipinski definition) is 1. The summed E-state index contributed by atoms with van der Waals surface area (Å²) in [5.41, 5.74) is 6.54. The molecule has 0 spiro atoms. The smallest absolute Gasteiger partial charge is 0.141 e. The van der Waals surface area contributed by atoms with E-state index in [4.69, 9.17) is 10.2 Å². The van der Waals surface area contributed by atoms with E-state index >= 15 is 0 Å². The zero-order valence-corrected chi connectivity index (χ0v) is 7.99. The van der Waals surface area contributed by atoms with Crippen molar-refractivity contribution >= 4 is 5.78 Å². The molecule has 0 fully saturated rings. The van der Waals surface area contributed by atoms with Gasteiger partial charge in [0.15, 0.2) is 0 Å². The summed E-state index contributed by atoms with van der Waals surface area (Å²) < 4.78 is 4.87. The number of Topliss-reactive ketones (excluding diaryl/α,β-unsaturated/α-hetero) is 1. The van der Waals surface area contributed by atoms with Crippen molar-refractivity contribution in [1.82, 2.24) is 0 Å². The molecule has 0 saturated heterocycles. The van der Waals surface area contributed by atoms with Crippen LogP contribution in [0.2, 0.25) is 0 Å². The second-order valence-corrected chi connectivity index (χ2v) is 3.42. The second kappa shape index (κ2) is 4.23. The Morgan fingerprint density at radius 3 is 2.77 bits per heavy atom. The Morgan fingerprint density at radius 2 is 2.31 bits per heavy atom. The lowest BCUT2D eigenvalue weighted by Crippen LogP contribution is -2.31. The third-order valence-electron chi connectivity index (χ3n) is 2.25. The van der Waals surface area contributed by atoms with Crippen LogP contribution in [0, 0.1) is 5.92 Å². The molecule has 3 heteroatoms. The lowest BCUT2D eigenvalue weighted by atomic mass is 9.95. The Hall–Kier alpha value is -1.09. The fourth-order valence-corrected chi connectivity index (χ4v) is 1.05. The molecule has 0 aliphatic heterocycles. The van der Waals surface area contributed by atoms with Gasteiger partial charge in [0, 0.05) is 18.4 Å². The van der Waals surface area contributed by atoms with E-state index in [1.807, 2.05) is 13.8 Å². The Labute approximate surface area is 77.9 Å². The van der Waals surface area contributed by atoms with Crippen LogP contribution in [-0.2, 0) is 11.2 Å². The summed E-state index contributed by atoms with van der Waals surface area (Å²) in [6.07, 6.45) is 3.57. The first-order valence-electron chi connectivity index (χ1n) is 4.40. The molecule has 72 valence electrons. The lowest BCUT2D eigenvalue weighted by Gasteiger charge is -2.12. The Balaban J connectivity index is 2.51. The minimum atomic E-state index is -0.0881. The van der Waals surface area contributed by atoms with Gasteiger partial charge in [0.05, 0.1) is 12.5 Å². The monoisotopic (exact) mass is 181 g/mol. The maximum Gasteiger partial charge on any atom is 0.141 e. The molecule has 0 radical (unpaired) electrons. The molecule has 1 aromatic rings. The highest BCUT2D eigenvalue weighted by Crippen LogP contribution is 2.08. The van der Waals surface area contributed by atoms with Crippen molar-refractivity contribution in [3.63, 3.8) is 0 Å². The number of furan rings is 1. The molecule has 2 N–H and O–H groups in total. The third kappa shape index (κ3) is 2.70. The molecule has 2 unspecified atom stereocenters. The second-order valence-electron chi connectivity index (χ2n) is 3.42. The first-order valence-corrected chi connectivity index (χ1v) is 4.40. The highest BCUT2D eigenvalue weighted by Gasteiger charge is 2.17. The van der Waals surface area contributed by atoms with Crippen LogP contribution in [0.3, 0.4) is 0 Å². The van der Waals surface area contributed by atoms with Gasteiger partial charge in [0.2, 0.25) is 0 Å². The van der Waals surface area contributed by atoms with Gasteiger partial charge in [-0.1, -0.05) is 6.92 Å². The van der Waals surface area contributed by atoms with Gasteiger partial charge >= 0.3 is 0 Å². The van der Waals surface area contributed by atoms with E-state index in [1.165, 1.54) is 0 Å². The average Bonchev–Trinajstić information content (AvgIpc) is 2.55. The molecule has 0 amide bonds. The number of carbonyl (C=O) groups excluding carboxylic acids is 1. The van der Waals surface area contributed by atoms with Crippen LogP contribution < -0.4 is 5.73 Å². The zero-order chi connectivity index (χ0) is 9.84. The quantitative estimate of drug-likeness (QED) is 0.763. The Morgan fingerprint density at radius 1 is 1.62 bits per heavy atom. The molecule has 0 saturated carbocycles. The minimum absolute atomic E-state index is 0.0839. The summed E-state index contributed by atoms with van der Waals surface area (Å²) in [6.45, 7) is 3.70. The third-order valence-corrected chi connectivity index (χ3v) is 2.25. The molecule has 1 aromatic heterocycles. The molecule has 0 bridgehead atoms. The fourth-order valence-electron chi connectivity index (χ4n) is 1.05. The molecule has 13 heavy (non-hydrogen) atoms. The van der Waals surface area contributed by atoms with E-state index in [-0.39, 0.29) is 17.7 Å². The van der Waals surface area contributed by atoms with Gasteiger partial charge in [-0.3, -0.25) is 4.79 Å². The van der Waals surface area contributed by atoms with Crippen LogP contribution in [0.15, 0.2) is 23.0 Å². The molecule has 1 rings (SSSR count). The van der Waals surface area contributed by atoms with Crippen molar-refractivity contribution in [2.45, 2.75) is 26.3 Å². The van der Waals surface area contributed by atoms with Crippen LogP contribution in [0.1, 0.15) is 19.4 Å². The van der Waals surface area contributed by atoms with Gasteiger partial charge in [0.25, 0.3) is 0 Å². The molecule has 2 atom stereocenters. The SMILES string of the molecule is CC(N)C(C)C(=O)Cc1ccoc1. The summed E-state index contributed by atoms with van der Waals surface area (Å²) in [6, 6.07) is 1.71. The van der Waals surface area contributed by atoms with Crippen LogP contribution in [0.25, 0.3) is 0 Å². The Bertz CT molecular complexity index is 264. The number of nitrogens with two attached hydrogens (primary N) is 1. The number of hydrogen-bond acceptors (Lipinski definition) is 3. The summed E-state index contributed by atoms with van der Waals surface area (Å²) in [7, 11) is 0. The molecule has 3 nitrogen and oxygen atoms in total. The van der Waals surface area contributed by atoms with Crippen molar-refractivity contribution in [1.29, 1.82) is 0 Å². The maximum atomic E-state index is 11.5. The summed E-state index contributed by atoms with van der Waals surface area (Å²) >= 11 is 0. The van der Waals surface area contributed by atoms with Crippen LogP contribution in [0.5, 0.6) is 0 Å². The highest BCUT2D eigenvalue weighted by atomic mass is 16.3. The largest absolute Gasteiger partial charge is 0.472 e. The van der Waals surface area contributed by atoms with Gasteiger partial charge in [-0.25, -0.2) is 0 Å². The van der Waals surface area contributed by atoms with E-state index in [0.29, 0.717) is 6.42 Å². The highest BCUT2D eigenvalue weighted by molar-refractivity contribution is 5.83. The summed E-state index contributed by atoms with van der Waals surface area (Å²) in [4.78, 5) is 11.5. The summed E-state index contributed by atoms with van der Waals surface area (Å²) in [5, 5.41) is 0. The van der Waals surface area contributed by atoms with Crippen LogP contribution >= 0.6 is 0 Å². The number of ketones is 1. The van der Waals surface area contributed by atoms with Gasteiger partial charge in [-0.05, 0) is 18.6 Å². The van der Waals surface area contributed by atoms with Crippen LogP contribution in [0.4, 0.5) is 0 Å². The summed E-state index contributed by atoms with van der Waals surface area (Å²) in [5.74, 6) is 0.0753. The van der Waals surface area contributed by atoms with Crippen LogP contribution in [-0.4, -0.2) is 11.8 Å². The van der Waals surface area contributed by atoms with E-state index in [9.17, 15) is 4.79 Å². The van der Waals surface area contributed by atoms with Crippen molar-refractivity contribution in [3.05, 3.63) is 24.2 Å². The van der Waals surface area contributed by atoms with Gasteiger partial charge in [0.1, 0.15) is 5.78 Å². The van der Waals surface area contributed by atoms with E-state index in [1.54, 1.807) is 18.6 Å². The molecule has 0 aliphatic carbocycles. The molecule has 0 aliphatic rings. The van der Waals surface area contributed by atoms with E-state index < -0.39 is 0 Å². The zero-order valence-electron chi connectivity index (χ0n) is 7.99. The van der Waals surface area contributed by atoms with Gasteiger partial charge in [-0.2, -0.15) is 0 Å². The lowest BCUT2D eigenvalue weighted by molar-refractivity contribution is -0.122. The van der Waals surface area contributed by atoms with Crippen molar-refractivity contribution in [3.8, 4) is 0 Å². The molecular formula is C10H15NO2. The van der Waals surface area contributed by atoms with Gasteiger partial charge < -0.3 is 10.2 Å². The fraction of sp³-hybridized carbons (Fsp3) is 0.500. The molecular weight excluding hydrogens is 166 g/mol. The predicted octanol–water partition coefficient (Wildman–Crippen LogP) is 1.37. The van der Waals surface area contributed by atoms with E-state index in [2.05, 4.69) is 0 Å². The van der Waals surface area contributed by atoms with Crippen molar-refractivity contribution in [2.75, 3.05) is 0 Å². The van der Waals surface area contributed by atoms with Crippen molar-refractivity contribution in [2.24, 2.45) is 11.7 Å². The maximum absolute atomic E-state index is 11.5. The number of carbonyl (C=O) groups is 1. The van der Waals surface area contributed by atoms with E-state index in [0.717, 1.165) is 5.56 Å². The number of rotatable bonds is 4. The topological polar surface area (TPSA) is 56.2 Å². The Kier molecular flexibility index (Phi) is 3.25. The minimum Gasteiger partial charge on any atom is -0.472 e. The molecule has 0 aromatic carbocycles. The average molecular weight is 181 g/mol. The van der Waals surface area contributed by atoms with Gasteiger partial charge in [-0.15, -0.1) is 0 Å².